The number of hydrogen-bond donors (Lipinski definition) is 1. The zero-order valence-electron chi connectivity index (χ0n) is 11.6. The number of pyridine rings is 1. The molecule has 4 heteroatoms. The number of rotatable bonds is 1. The molecule has 2 fully saturated rings. The number of piperidine rings is 2. The molecule has 1 aromatic heterocycles. The molecule has 3 rings (SSSR count). The van der Waals surface area contributed by atoms with E-state index in [1.165, 1.54) is 44.3 Å². The summed E-state index contributed by atoms with van der Waals surface area (Å²) in [4.78, 5) is 7.08. The van der Waals surface area contributed by atoms with Gasteiger partial charge >= 0.3 is 0 Å². The lowest BCUT2D eigenvalue weighted by atomic mass is 9.74. The molecule has 2 aliphatic rings. The minimum atomic E-state index is 0.474. The van der Waals surface area contributed by atoms with Gasteiger partial charge in [0.1, 0.15) is 5.82 Å². The van der Waals surface area contributed by atoms with Crippen LogP contribution in [0.15, 0.2) is 16.7 Å². The van der Waals surface area contributed by atoms with Gasteiger partial charge in [-0.05, 0) is 66.7 Å². The molecule has 2 saturated heterocycles. The number of nitrogens with one attached hydrogen (secondary N) is 1. The molecule has 1 unspecified atom stereocenters. The van der Waals surface area contributed by atoms with Crippen molar-refractivity contribution in [2.45, 2.75) is 32.6 Å². The third-order valence-corrected chi connectivity index (χ3v) is 5.57. The Hall–Kier alpha value is -0.610. The number of aromatic nitrogens is 1. The molecule has 0 radical (unpaired) electrons. The number of aryl methyl sites for hydroxylation is 1. The molecule has 0 aliphatic carbocycles. The summed E-state index contributed by atoms with van der Waals surface area (Å²) < 4.78 is 1.16. The Morgan fingerprint density at radius 3 is 3.00 bits per heavy atom. The average molecular weight is 324 g/mol. The van der Waals surface area contributed by atoms with Crippen molar-refractivity contribution < 1.29 is 0 Å². The van der Waals surface area contributed by atoms with E-state index in [0.29, 0.717) is 5.41 Å². The van der Waals surface area contributed by atoms with Crippen LogP contribution >= 0.6 is 15.9 Å². The number of nitrogens with zero attached hydrogens (tertiary/aromatic N) is 2. The van der Waals surface area contributed by atoms with E-state index in [4.69, 9.17) is 0 Å². The monoisotopic (exact) mass is 323 g/mol. The number of hydrogen-bond acceptors (Lipinski definition) is 3. The standard InChI is InChI=1S/C15H22BrN3/c1-12-4-8-18-14(13(12)16)19-9-3-6-15(11-19)5-2-7-17-10-15/h4,8,17H,2-3,5-7,9-11H2,1H3. The third kappa shape index (κ3) is 2.65. The minimum absolute atomic E-state index is 0.474. The average Bonchev–Trinajstić information content (AvgIpc) is 2.43. The maximum Gasteiger partial charge on any atom is 0.143 e. The topological polar surface area (TPSA) is 28.2 Å². The molecule has 0 bridgehead atoms. The molecule has 0 aromatic carbocycles. The summed E-state index contributed by atoms with van der Waals surface area (Å²) in [6.07, 6.45) is 7.25. The second kappa shape index (κ2) is 5.41. The van der Waals surface area contributed by atoms with E-state index in [1.807, 2.05) is 6.20 Å². The molecule has 3 nitrogen and oxygen atoms in total. The van der Waals surface area contributed by atoms with E-state index in [1.54, 1.807) is 0 Å². The maximum atomic E-state index is 4.60. The predicted octanol–water partition coefficient (Wildman–Crippen LogP) is 3.12. The van der Waals surface area contributed by atoms with Gasteiger partial charge < -0.3 is 10.2 Å². The smallest absolute Gasteiger partial charge is 0.143 e. The summed E-state index contributed by atoms with van der Waals surface area (Å²) in [7, 11) is 0. The van der Waals surface area contributed by atoms with Crippen LogP contribution in [0.25, 0.3) is 0 Å². The van der Waals surface area contributed by atoms with Crippen LogP contribution in [-0.4, -0.2) is 31.2 Å². The zero-order chi connectivity index (χ0) is 13.3. The highest BCUT2D eigenvalue weighted by molar-refractivity contribution is 9.10. The summed E-state index contributed by atoms with van der Waals surface area (Å²) in [5.74, 6) is 1.13. The summed E-state index contributed by atoms with van der Waals surface area (Å²) >= 11 is 3.71. The second-order valence-corrected chi connectivity index (χ2v) is 6.86. The molecule has 3 heterocycles. The quantitative estimate of drug-likeness (QED) is 0.860. The highest BCUT2D eigenvalue weighted by Gasteiger charge is 2.37. The van der Waals surface area contributed by atoms with Crippen molar-refractivity contribution in [3.63, 3.8) is 0 Å². The van der Waals surface area contributed by atoms with Gasteiger partial charge in [-0.2, -0.15) is 0 Å². The van der Waals surface area contributed by atoms with Crippen LogP contribution in [-0.2, 0) is 0 Å². The van der Waals surface area contributed by atoms with Crippen molar-refractivity contribution in [2.24, 2.45) is 5.41 Å². The van der Waals surface area contributed by atoms with Gasteiger partial charge in [-0.25, -0.2) is 4.98 Å². The first-order valence-electron chi connectivity index (χ1n) is 7.27. The molecule has 0 amide bonds. The SMILES string of the molecule is Cc1ccnc(N2CCCC3(CCCNC3)C2)c1Br. The molecule has 2 aliphatic heterocycles. The van der Waals surface area contributed by atoms with Crippen LogP contribution in [0.3, 0.4) is 0 Å². The highest BCUT2D eigenvalue weighted by atomic mass is 79.9. The first-order chi connectivity index (χ1) is 9.20. The van der Waals surface area contributed by atoms with Crippen LogP contribution in [0.5, 0.6) is 0 Å². The van der Waals surface area contributed by atoms with Gasteiger partial charge in [0, 0.05) is 31.2 Å². The fourth-order valence-electron chi connectivity index (χ4n) is 3.51. The van der Waals surface area contributed by atoms with Gasteiger partial charge in [0.2, 0.25) is 0 Å². The summed E-state index contributed by atoms with van der Waals surface area (Å²) in [6, 6.07) is 2.06. The van der Waals surface area contributed by atoms with Gasteiger partial charge in [0.25, 0.3) is 0 Å². The van der Waals surface area contributed by atoms with E-state index in [9.17, 15) is 0 Å². The maximum absolute atomic E-state index is 4.60. The van der Waals surface area contributed by atoms with E-state index < -0.39 is 0 Å². The Bertz CT molecular complexity index is 449. The van der Waals surface area contributed by atoms with Crippen LogP contribution in [0.4, 0.5) is 5.82 Å². The van der Waals surface area contributed by atoms with Gasteiger partial charge in [-0.1, -0.05) is 0 Å². The van der Waals surface area contributed by atoms with Gasteiger partial charge in [-0.15, -0.1) is 0 Å². The first-order valence-corrected chi connectivity index (χ1v) is 8.06. The first kappa shape index (κ1) is 13.4. The van der Waals surface area contributed by atoms with E-state index in [-0.39, 0.29) is 0 Å². The van der Waals surface area contributed by atoms with Crippen molar-refractivity contribution in [2.75, 3.05) is 31.1 Å². The van der Waals surface area contributed by atoms with Gasteiger partial charge in [0.15, 0.2) is 0 Å². The lowest BCUT2D eigenvalue weighted by molar-refractivity contribution is 0.173. The molecule has 0 saturated carbocycles. The molecular weight excluding hydrogens is 302 g/mol. The highest BCUT2D eigenvalue weighted by Crippen LogP contribution is 2.39. The van der Waals surface area contributed by atoms with Gasteiger partial charge in [0.05, 0.1) is 4.47 Å². The number of anilines is 1. The van der Waals surface area contributed by atoms with Crippen LogP contribution < -0.4 is 10.2 Å². The Kier molecular flexibility index (Phi) is 3.81. The van der Waals surface area contributed by atoms with E-state index in [2.05, 4.69) is 44.1 Å². The molecule has 1 spiro atoms. The largest absolute Gasteiger partial charge is 0.355 e. The van der Waals surface area contributed by atoms with Crippen molar-refractivity contribution in [1.29, 1.82) is 0 Å². The van der Waals surface area contributed by atoms with Crippen LogP contribution in [0, 0.1) is 12.3 Å². The fraction of sp³-hybridized carbons (Fsp3) is 0.667. The van der Waals surface area contributed by atoms with Crippen molar-refractivity contribution >= 4 is 21.7 Å². The minimum Gasteiger partial charge on any atom is -0.355 e. The lowest BCUT2D eigenvalue weighted by Gasteiger charge is -2.46. The zero-order valence-corrected chi connectivity index (χ0v) is 13.2. The normalized spacial score (nSPS) is 27.8. The molecular formula is C15H22BrN3. The summed E-state index contributed by atoms with van der Waals surface area (Å²) in [5, 5.41) is 3.58. The Morgan fingerprint density at radius 1 is 1.37 bits per heavy atom. The van der Waals surface area contributed by atoms with Crippen molar-refractivity contribution in [1.82, 2.24) is 10.3 Å². The van der Waals surface area contributed by atoms with Crippen LogP contribution in [0.2, 0.25) is 0 Å². The molecule has 1 aromatic rings. The lowest BCUT2D eigenvalue weighted by Crippen LogP contribution is -2.51. The number of halogens is 1. The Labute approximate surface area is 123 Å². The Morgan fingerprint density at radius 2 is 2.21 bits per heavy atom. The molecule has 1 N–H and O–H groups in total. The second-order valence-electron chi connectivity index (χ2n) is 6.07. The van der Waals surface area contributed by atoms with E-state index in [0.717, 1.165) is 23.4 Å². The third-order valence-electron chi connectivity index (χ3n) is 4.59. The summed E-state index contributed by atoms with van der Waals surface area (Å²) in [5.41, 5.74) is 1.74. The fourth-order valence-corrected chi connectivity index (χ4v) is 4.00. The Balaban J connectivity index is 1.83. The molecule has 104 valence electrons. The molecule has 19 heavy (non-hydrogen) atoms. The van der Waals surface area contributed by atoms with Crippen molar-refractivity contribution in [3.05, 3.63) is 22.3 Å². The van der Waals surface area contributed by atoms with Crippen LogP contribution in [0.1, 0.15) is 31.2 Å². The predicted molar refractivity (Wildman–Crippen MR) is 82.7 cm³/mol. The van der Waals surface area contributed by atoms with Crippen molar-refractivity contribution in [3.8, 4) is 0 Å². The van der Waals surface area contributed by atoms with Gasteiger partial charge in [-0.3, -0.25) is 0 Å². The van der Waals surface area contributed by atoms with E-state index >= 15 is 0 Å². The molecule has 1 atom stereocenters. The summed E-state index contributed by atoms with van der Waals surface area (Å²) in [6.45, 7) is 6.78.